The van der Waals surface area contributed by atoms with Crippen LogP contribution in [0.5, 0.6) is 0 Å². The first-order valence-electron chi connectivity index (χ1n) is 6.11. The maximum atomic E-state index is 12.2. The summed E-state index contributed by atoms with van der Waals surface area (Å²) in [5.41, 5.74) is 6.30. The molecular formula is C12H20ClN3O2. The van der Waals surface area contributed by atoms with E-state index in [1.54, 1.807) is 11.8 Å². The van der Waals surface area contributed by atoms with Crippen molar-refractivity contribution in [2.24, 2.45) is 5.73 Å². The van der Waals surface area contributed by atoms with Crippen LogP contribution in [0.4, 0.5) is 0 Å². The Bertz CT molecular complexity index is 393. The van der Waals surface area contributed by atoms with Crippen LogP contribution in [0, 0.1) is 0 Å². The average molecular weight is 274 g/mol. The normalized spacial score (nSPS) is 12.7. The van der Waals surface area contributed by atoms with E-state index in [4.69, 9.17) is 22.1 Å². The van der Waals surface area contributed by atoms with E-state index in [1.807, 2.05) is 6.92 Å². The van der Waals surface area contributed by atoms with Gasteiger partial charge in [-0.1, -0.05) is 18.5 Å². The lowest BCUT2D eigenvalue weighted by Gasteiger charge is -2.12. The van der Waals surface area contributed by atoms with Crippen LogP contribution in [0.2, 0.25) is 5.02 Å². The molecule has 0 amide bonds. The van der Waals surface area contributed by atoms with Gasteiger partial charge in [0, 0.05) is 20.3 Å². The molecule has 0 spiro atoms. The Labute approximate surface area is 112 Å². The molecule has 0 aliphatic heterocycles. The summed E-state index contributed by atoms with van der Waals surface area (Å²) >= 11 is 6.00. The third-order valence-electron chi connectivity index (χ3n) is 2.66. The fraction of sp³-hybridized carbons (Fsp3) is 0.667. The van der Waals surface area contributed by atoms with Crippen LogP contribution < -0.4 is 5.73 Å². The number of ketones is 1. The van der Waals surface area contributed by atoms with Gasteiger partial charge in [0.2, 0.25) is 0 Å². The Morgan fingerprint density at radius 2 is 2.39 bits per heavy atom. The zero-order valence-corrected chi connectivity index (χ0v) is 11.6. The van der Waals surface area contributed by atoms with E-state index >= 15 is 0 Å². The number of nitrogens with two attached hydrogens (primary N) is 1. The molecule has 0 saturated carbocycles. The van der Waals surface area contributed by atoms with Gasteiger partial charge >= 0.3 is 0 Å². The van der Waals surface area contributed by atoms with Crippen molar-refractivity contribution in [3.05, 3.63) is 16.9 Å². The van der Waals surface area contributed by atoms with Crippen molar-refractivity contribution in [1.82, 2.24) is 9.78 Å². The minimum absolute atomic E-state index is 0.151. The molecule has 0 saturated heterocycles. The van der Waals surface area contributed by atoms with E-state index in [1.165, 1.54) is 6.20 Å². The first-order valence-corrected chi connectivity index (χ1v) is 6.49. The summed E-state index contributed by atoms with van der Waals surface area (Å²) in [4.78, 5) is 12.2. The van der Waals surface area contributed by atoms with Crippen LogP contribution >= 0.6 is 11.6 Å². The molecule has 6 heteroatoms. The molecular weight excluding hydrogens is 254 g/mol. The Balaban J connectivity index is 2.73. The summed E-state index contributed by atoms with van der Waals surface area (Å²) in [5.74, 6) is -0.151. The van der Waals surface area contributed by atoms with Crippen molar-refractivity contribution in [3.63, 3.8) is 0 Å². The molecule has 0 fully saturated rings. The second-order valence-electron chi connectivity index (χ2n) is 4.17. The Hall–Kier alpha value is -0.910. The van der Waals surface area contributed by atoms with Crippen molar-refractivity contribution >= 4 is 17.4 Å². The molecule has 5 nitrogen and oxygen atoms in total. The van der Waals surface area contributed by atoms with Crippen LogP contribution in [-0.4, -0.2) is 35.3 Å². The lowest BCUT2D eigenvalue weighted by Crippen LogP contribution is -2.32. The monoisotopic (exact) mass is 273 g/mol. The highest BCUT2D eigenvalue weighted by molar-refractivity contribution is 6.33. The second kappa shape index (κ2) is 7.51. The summed E-state index contributed by atoms with van der Waals surface area (Å²) in [7, 11) is 1.63. The van der Waals surface area contributed by atoms with Gasteiger partial charge in [-0.2, -0.15) is 5.10 Å². The van der Waals surface area contributed by atoms with Gasteiger partial charge in [0.25, 0.3) is 0 Å². The van der Waals surface area contributed by atoms with Crippen molar-refractivity contribution in [1.29, 1.82) is 0 Å². The number of hydrogen-bond acceptors (Lipinski definition) is 4. The lowest BCUT2D eigenvalue weighted by atomic mass is 10.1. The van der Waals surface area contributed by atoms with Crippen LogP contribution in [0.15, 0.2) is 6.20 Å². The van der Waals surface area contributed by atoms with Crippen molar-refractivity contribution < 1.29 is 9.53 Å². The molecule has 0 aromatic carbocycles. The summed E-state index contributed by atoms with van der Waals surface area (Å²) in [6.45, 7) is 3.28. The van der Waals surface area contributed by atoms with Crippen LogP contribution in [0.3, 0.4) is 0 Å². The zero-order valence-electron chi connectivity index (χ0n) is 10.9. The third kappa shape index (κ3) is 3.80. The smallest absolute Gasteiger partial charge is 0.199 e. The number of Topliss-reactive ketones (excluding diaryl/α,β-unsaturated/α-hetero) is 1. The topological polar surface area (TPSA) is 70.1 Å². The van der Waals surface area contributed by atoms with Gasteiger partial charge < -0.3 is 10.5 Å². The number of aromatic nitrogens is 2. The highest BCUT2D eigenvalue weighted by atomic mass is 35.5. The largest absolute Gasteiger partial charge is 0.385 e. The minimum atomic E-state index is -0.551. The van der Waals surface area contributed by atoms with Crippen LogP contribution in [0.1, 0.15) is 36.7 Å². The molecule has 1 aromatic rings. The first kappa shape index (κ1) is 15.1. The summed E-state index contributed by atoms with van der Waals surface area (Å²) < 4.78 is 6.56. The van der Waals surface area contributed by atoms with E-state index < -0.39 is 6.04 Å². The molecule has 102 valence electrons. The molecule has 1 aromatic heterocycles. The molecule has 18 heavy (non-hydrogen) atoms. The van der Waals surface area contributed by atoms with Gasteiger partial charge in [-0.25, -0.2) is 0 Å². The number of nitrogens with zero attached hydrogens (tertiary/aromatic N) is 2. The molecule has 0 bridgehead atoms. The fourth-order valence-corrected chi connectivity index (χ4v) is 1.98. The zero-order chi connectivity index (χ0) is 13.5. The highest BCUT2D eigenvalue weighted by Crippen LogP contribution is 2.18. The van der Waals surface area contributed by atoms with E-state index in [0.29, 0.717) is 30.3 Å². The highest BCUT2D eigenvalue weighted by Gasteiger charge is 2.22. The van der Waals surface area contributed by atoms with Gasteiger partial charge in [-0.05, 0) is 19.3 Å². The number of methoxy groups -OCH3 is 1. The summed E-state index contributed by atoms with van der Waals surface area (Å²) in [6, 6.07) is -0.551. The predicted octanol–water partition coefficient (Wildman–Crippen LogP) is 1.88. The molecule has 1 atom stereocenters. The van der Waals surface area contributed by atoms with Crippen molar-refractivity contribution in [2.45, 2.75) is 38.8 Å². The minimum Gasteiger partial charge on any atom is -0.385 e. The van der Waals surface area contributed by atoms with Gasteiger partial charge in [-0.15, -0.1) is 0 Å². The van der Waals surface area contributed by atoms with E-state index in [9.17, 15) is 4.79 Å². The van der Waals surface area contributed by atoms with E-state index in [0.717, 1.165) is 12.8 Å². The number of rotatable bonds is 8. The quantitative estimate of drug-likeness (QED) is 0.580. The predicted molar refractivity (Wildman–Crippen MR) is 70.9 cm³/mol. The number of carbonyl (C=O) groups is 1. The molecule has 2 N–H and O–H groups in total. The maximum absolute atomic E-state index is 12.2. The molecule has 0 aliphatic rings. The molecule has 1 heterocycles. The number of aryl methyl sites for hydroxylation is 1. The lowest BCUT2D eigenvalue weighted by molar-refractivity contribution is 0.0939. The van der Waals surface area contributed by atoms with Gasteiger partial charge in [-0.3, -0.25) is 9.48 Å². The van der Waals surface area contributed by atoms with E-state index in [2.05, 4.69) is 5.10 Å². The van der Waals surface area contributed by atoms with Gasteiger partial charge in [0.15, 0.2) is 5.78 Å². The Kier molecular flexibility index (Phi) is 6.32. The molecule has 1 unspecified atom stereocenters. The van der Waals surface area contributed by atoms with Crippen LogP contribution in [0.25, 0.3) is 0 Å². The SMILES string of the molecule is CCCn1ncc(Cl)c1C(=O)C(N)CCCOC. The van der Waals surface area contributed by atoms with Crippen molar-refractivity contribution in [2.75, 3.05) is 13.7 Å². The number of halogens is 1. The molecule has 0 aliphatic carbocycles. The van der Waals surface area contributed by atoms with Crippen LogP contribution in [-0.2, 0) is 11.3 Å². The van der Waals surface area contributed by atoms with E-state index in [-0.39, 0.29) is 5.78 Å². The second-order valence-corrected chi connectivity index (χ2v) is 4.58. The van der Waals surface area contributed by atoms with Gasteiger partial charge in [0.1, 0.15) is 5.69 Å². The number of hydrogen-bond donors (Lipinski definition) is 1. The maximum Gasteiger partial charge on any atom is 0.199 e. The fourth-order valence-electron chi connectivity index (χ4n) is 1.74. The van der Waals surface area contributed by atoms with Gasteiger partial charge in [0.05, 0.1) is 17.3 Å². The number of ether oxygens (including phenoxy) is 1. The summed E-state index contributed by atoms with van der Waals surface area (Å²) in [6.07, 6.45) is 3.72. The Morgan fingerprint density at radius 1 is 1.67 bits per heavy atom. The molecule has 1 rings (SSSR count). The average Bonchev–Trinajstić information content (AvgIpc) is 2.70. The first-order chi connectivity index (χ1) is 8.61. The third-order valence-corrected chi connectivity index (χ3v) is 2.94. The summed E-state index contributed by atoms with van der Waals surface area (Å²) in [5, 5.41) is 4.46. The number of carbonyl (C=O) groups excluding carboxylic acids is 1. The molecule has 0 radical (unpaired) electrons. The standard InChI is InChI=1S/C12H20ClN3O2/c1-3-6-16-11(9(13)8-15-16)12(17)10(14)5-4-7-18-2/h8,10H,3-7,14H2,1-2H3. The Morgan fingerprint density at radius 3 is 3.00 bits per heavy atom. The van der Waals surface area contributed by atoms with Crippen molar-refractivity contribution in [3.8, 4) is 0 Å².